The molecule has 0 bridgehead atoms. The number of hydrogen-bond donors (Lipinski definition) is 2. The van der Waals surface area contributed by atoms with E-state index in [4.69, 9.17) is 0 Å². The molecule has 92 valence electrons. The maximum atomic E-state index is 11.8. The number of rotatable bonds is 6. The number of nitrogens with one attached hydrogen (secondary N) is 2. The highest BCUT2D eigenvalue weighted by atomic mass is 79.9. The molecular formula is C13H17BrN2O. The predicted octanol–water partition coefficient (Wildman–Crippen LogP) is 2.32. The monoisotopic (exact) mass is 296 g/mol. The summed E-state index contributed by atoms with van der Waals surface area (Å²) in [7, 11) is 0. The van der Waals surface area contributed by atoms with Crippen LogP contribution < -0.4 is 10.6 Å². The lowest BCUT2D eigenvalue weighted by atomic mass is 10.2. The van der Waals surface area contributed by atoms with Crippen molar-refractivity contribution >= 4 is 21.8 Å². The SMILES string of the molecule is O=C(NCCCNC1CC1)c1cccc(Br)c1. The second-order valence-electron chi connectivity index (χ2n) is 4.35. The van der Waals surface area contributed by atoms with Crippen LogP contribution in [0, 0.1) is 0 Å². The summed E-state index contributed by atoms with van der Waals surface area (Å²) in [5, 5.41) is 6.34. The largest absolute Gasteiger partial charge is 0.352 e. The van der Waals surface area contributed by atoms with Crippen LogP contribution in [0.5, 0.6) is 0 Å². The zero-order valence-corrected chi connectivity index (χ0v) is 11.3. The molecule has 1 aromatic rings. The predicted molar refractivity (Wildman–Crippen MR) is 72.1 cm³/mol. The molecule has 1 amide bonds. The highest BCUT2D eigenvalue weighted by molar-refractivity contribution is 9.10. The van der Waals surface area contributed by atoms with Gasteiger partial charge >= 0.3 is 0 Å². The number of carbonyl (C=O) groups is 1. The van der Waals surface area contributed by atoms with Gasteiger partial charge in [-0.1, -0.05) is 22.0 Å². The fraction of sp³-hybridized carbons (Fsp3) is 0.462. The fourth-order valence-corrected chi connectivity index (χ4v) is 2.01. The number of benzene rings is 1. The molecule has 0 spiro atoms. The first-order valence-corrected chi connectivity index (χ1v) is 6.82. The molecule has 0 heterocycles. The van der Waals surface area contributed by atoms with Crippen molar-refractivity contribution in [3.63, 3.8) is 0 Å². The van der Waals surface area contributed by atoms with E-state index in [1.54, 1.807) is 0 Å². The van der Waals surface area contributed by atoms with Gasteiger partial charge in [-0.15, -0.1) is 0 Å². The molecular weight excluding hydrogens is 280 g/mol. The lowest BCUT2D eigenvalue weighted by Gasteiger charge is -2.06. The van der Waals surface area contributed by atoms with E-state index in [9.17, 15) is 4.79 Å². The summed E-state index contributed by atoms with van der Waals surface area (Å²) in [6, 6.07) is 8.18. The second kappa shape index (κ2) is 6.17. The van der Waals surface area contributed by atoms with Crippen LogP contribution in [0.15, 0.2) is 28.7 Å². The Labute approximate surface area is 110 Å². The standard InChI is InChI=1S/C13H17BrN2O/c14-11-4-1-3-10(9-11)13(17)16-8-2-7-15-12-5-6-12/h1,3-4,9,12,15H,2,5-8H2,(H,16,17). The van der Waals surface area contributed by atoms with Gasteiger partial charge in [0.1, 0.15) is 0 Å². The van der Waals surface area contributed by atoms with Crippen LogP contribution >= 0.6 is 15.9 Å². The Balaban J connectivity index is 1.65. The molecule has 0 atom stereocenters. The van der Waals surface area contributed by atoms with Crippen LogP contribution in [0.1, 0.15) is 29.6 Å². The molecule has 0 saturated heterocycles. The van der Waals surface area contributed by atoms with Crippen molar-refractivity contribution in [3.8, 4) is 0 Å². The number of carbonyl (C=O) groups excluding carboxylic acids is 1. The van der Waals surface area contributed by atoms with Crippen LogP contribution in [0.4, 0.5) is 0 Å². The first-order valence-electron chi connectivity index (χ1n) is 6.03. The maximum absolute atomic E-state index is 11.8. The van der Waals surface area contributed by atoms with Gasteiger partial charge in [0, 0.05) is 22.6 Å². The summed E-state index contributed by atoms with van der Waals surface area (Å²) >= 11 is 3.36. The first kappa shape index (κ1) is 12.6. The van der Waals surface area contributed by atoms with Gasteiger partial charge in [-0.25, -0.2) is 0 Å². The maximum Gasteiger partial charge on any atom is 0.251 e. The van der Waals surface area contributed by atoms with Crippen LogP contribution in [0.2, 0.25) is 0 Å². The molecule has 1 saturated carbocycles. The van der Waals surface area contributed by atoms with E-state index in [1.165, 1.54) is 12.8 Å². The minimum absolute atomic E-state index is 0.00211. The third kappa shape index (κ3) is 4.48. The zero-order chi connectivity index (χ0) is 12.1. The Kier molecular flexibility index (Phi) is 4.57. The highest BCUT2D eigenvalue weighted by Crippen LogP contribution is 2.18. The molecule has 0 aliphatic heterocycles. The summed E-state index contributed by atoms with van der Waals surface area (Å²) in [4.78, 5) is 11.8. The Hall–Kier alpha value is -0.870. The van der Waals surface area contributed by atoms with E-state index in [0.717, 1.165) is 30.0 Å². The summed E-state index contributed by atoms with van der Waals surface area (Å²) < 4.78 is 0.931. The Morgan fingerprint density at radius 1 is 1.35 bits per heavy atom. The minimum Gasteiger partial charge on any atom is -0.352 e. The molecule has 0 aromatic heterocycles. The normalized spacial score (nSPS) is 14.6. The van der Waals surface area contributed by atoms with Gasteiger partial charge < -0.3 is 10.6 Å². The number of amides is 1. The Bertz CT molecular complexity index is 391. The third-order valence-electron chi connectivity index (χ3n) is 2.74. The van der Waals surface area contributed by atoms with E-state index in [2.05, 4.69) is 26.6 Å². The van der Waals surface area contributed by atoms with Gasteiger partial charge in [-0.2, -0.15) is 0 Å². The summed E-state index contributed by atoms with van der Waals surface area (Å²) in [5.41, 5.74) is 0.703. The molecule has 2 N–H and O–H groups in total. The van der Waals surface area contributed by atoms with E-state index in [1.807, 2.05) is 24.3 Å². The highest BCUT2D eigenvalue weighted by Gasteiger charge is 2.19. The summed E-state index contributed by atoms with van der Waals surface area (Å²) in [6.45, 7) is 1.72. The van der Waals surface area contributed by atoms with Crippen molar-refractivity contribution in [2.75, 3.05) is 13.1 Å². The van der Waals surface area contributed by atoms with E-state index in [0.29, 0.717) is 5.56 Å². The lowest BCUT2D eigenvalue weighted by Crippen LogP contribution is -2.27. The van der Waals surface area contributed by atoms with E-state index in [-0.39, 0.29) is 5.91 Å². The van der Waals surface area contributed by atoms with Gasteiger partial charge in [0.25, 0.3) is 5.91 Å². The van der Waals surface area contributed by atoms with Crippen LogP contribution in [0.3, 0.4) is 0 Å². The minimum atomic E-state index is -0.00211. The van der Waals surface area contributed by atoms with Crippen LogP contribution in [-0.2, 0) is 0 Å². The average molecular weight is 297 g/mol. The van der Waals surface area contributed by atoms with Gasteiger partial charge in [0.2, 0.25) is 0 Å². The zero-order valence-electron chi connectivity index (χ0n) is 9.71. The summed E-state index contributed by atoms with van der Waals surface area (Å²) in [6.07, 6.45) is 3.60. The Morgan fingerprint density at radius 2 is 2.18 bits per heavy atom. The molecule has 3 nitrogen and oxygen atoms in total. The van der Waals surface area contributed by atoms with Crippen molar-refractivity contribution in [2.45, 2.75) is 25.3 Å². The second-order valence-corrected chi connectivity index (χ2v) is 5.26. The van der Waals surface area contributed by atoms with Gasteiger partial charge in [0.15, 0.2) is 0 Å². The van der Waals surface area contributed by atoms with Crippen LogP contribution in [-0.4, -0.2) is 25.0 Å². The molecule has 2 rings (SSSR count). The molecule has 1 fully saturated rings. The van der Waals surface area contributed by atoms with Gasteiger partial charge in [-0.3, -0.25) is 4.79 Å². The average Bonchev–Trinajstić information content (AvgIpc) is 3.12. The van der Waals surface area contributed by atoms with Crippen molar-refractivity contribution in [2.24, 2.45) is 0 Å². The van der Waals surface area contributed by atoms with Crippen LogP contribution in [0.25, 0.3) is 0 Å². The summed E-state index contributed by atoms with van der Waals surface area (Å²) in [5.74, 6) is -0.00211. The first-order chi connectivity index (χ1) is 8.25. The van der Waals surface area contributed by atoms with Gasteiger partial charge in [-0.05, 0) is 44.0 Å². The molecule has 1 aliphatic carbocycles. The lowest BCUT2D eigenvalue weighted by molar-refractivity contribution is 0.0953. The smallest absolute Gasteiger partial charge is 0.251 e. The topological polar surface area (TPSA) is 41.1 Å². The van der Waals surface area contributed by atoms with E-state index >= 15 is 0 Å². The van der Waals surface area contributed by atoms with Crippen molar-refractivity contribution < 1.29 is 4.79 Å². The molecule has 0 unspecified atom stereocenters. The Morgan fingerprint density at radius 3 is 2.88 bits per heavy atom. The van der Waals surface area contributed by atoms with Crippen molar-refractivity contribution in [1.82, 2.24) is 10.6 Å². The van der Waals surface area contributed by atoms with E-state index < -0.39 is 0 Å². The van der Waals surface area contributed by atoms with Gasteiger partial charge in [0.05, 0.1) is 0 Å². The molecule has 4 heteroatoms. The van der Waals surface area contributed by atoms with Crippen molar-refractivity contribution in [3.05, 3.63) is 34.3 Å². The third-order valence-corrected chi connectivity index (χ3v) is 3.23. The fourth-order valence-electron chi connectivity index (χ4n) is 1.62. The number of hydrogen-bond acceptors (Lipinski definition) is 2. The quantitative estimate of drug-likeness (QED) is 0.791. The number of halogens is 1. The molecule has 1 aromatic carbocycles. The van der Waals surface area contributed by atoms with Crippen molar-refractivity contribution in [1.29, 1.82) is 0 Å². The molecule has 17 heavy (non-hydrogen) atoms. The molecule has 1 aliphatic rings. The molecule has 0 radical (unpaired) electrons.